The number of carboxylic acids is 1. The highest BCUT2D eigenvalue weighted by Crippen LogP contribution is 2.40. The van der Waals surface area contributed by atoms with E-state index in [1.807, 2.05) is 7.05 Å². The molecular formula is C25H29N9O8S2. The summed E-state index contributed by atoms with van der Waals surface area (Å²) >= 11 is 2.17. The quantitative estimate of drug-likeness (QED) is 0.0939. The van der Waals surface area contributed by atoms with Crippen molar-refractivity contribution in [2.24, 2.45) is 5.16 Å². The Morgan fingerprint density at radius 2 is 2.05 bits per heavy atom. The number of carboxylic acid groups (broad SMARTS) is 1. The molecule has 2 saturated heterocycles. The first-order chi connectivity index (χ1) is 20.9. The average molecular weight is 648 g/mol. The molecule has 3 aliphatic rings. The molecule has 0 aliphatic carbocycles. The lowest BCUT2D eigenvalue weighted by Gasteiger charge is -2.51. The van der Waals surface area contributed by atoms with Gasteiger partial charge in [-0.3, -0.25) is 24.1 Å². The molecule has 3 amide bonds. The number of nitrogen functional groups attached to an aromatic ring is 1. The van der Waals surface area contributed by atoms with Crippen LogP contribution < -0.4 is 21.6 Å². The van der Waals surface area contributed by atoms with E-state index >= 15 is 0 Å². The van der Waals surface area contributed by atoms with Gasteiger partial charge in [0.25, 0.3) is 17.7 Å². The molecule has 0 radical (unpaired) electrons. The van der Waals surface area contributed by atoms with E-state index in [0.717, 1.165) is 28.7 Å². The Hall–Kier alpha value is -4.49. The normalized spacial score (nSPS) is 21.4. The van der Waals surface area contributed by atoms with Gasteiger partial charge in [0.2, 0.25) is 17.0 Å². The van der Waals surface area contributed by atoms with Crippen molar-refractivity contribution < 1.29 is 38.7 Å². The van der Waals surface area contributed by atoms with Crippen LogP contribution in [-0.4, -0.2) is 127 Å². The Labute approximate surface area is 258 Å². The first-order valence-electron chi connectivity index (χ1n) is 13.5. The highest BCUT2D eigenvalue weighted by molar-refractivity contribution is 8.00. The van der Waals surface area contributed by atoms with Crippen LogP contribution in [0.15, 0.2) is 33.5 Å². The van der Waals surface area contributed by atoms with Crippen molar-refractivity contribution in [1.29, 1.82) is 0 Å². The van der Waals surface area contributed by atoms with Crippen molar-refractivity contribution >= 4 is 57.8 Å². The monoisotopic (exact) mass is 647 g/mol. The van der Waals surface area contributed by atoms with Crippen molar-refractivity contribution in [3.8, 4) is 5.75 Å². The number of aromatic hydroxyl groups is 1. The largest absolute Gasteiger partial charge is 0.543 e. The van der Waals surface area contributed by atoms with Gasteiger partial charge in [0.05, 0.1) is 44.9 Å². The number of nitrogens with two attached hydrogens (primary N) is 1. The van der Waals surface area contributed by atoms with Crippen LogP contribution in [0.5, 0.6) is 5.75 Å². The van der Waals surface area contributed by atoms with Crippen LogP contribution in [0, 0.1) is 0 Å². The Morgan fingerprint density at radius 3 is 2.66 bits per heavy atom. The Bertz CT molecular complexity index is 1630. The molecule has 19 heteroatoms. The highest BCUT2D eigenvalue weighted by atomic mass is 32.2. The lowest BCUT2D eigenvalue weighted by molar-refractivity contribution is -0.908. The zero-order valence-corrected chi connectivity index (χ0v) is 25.3. The maximum absolute atomic E-state index is 13.2. The molecule has 2 fully saturated rings. The zero-order valence-electron chi connectivity index (χ0n) is 23.6. The van der Waals surface area contributed by atoms with Crippen LogP contribution in [0.25, 0.3) is 0 Å². The number of carbonyl (C=O) groups excluding carboxylic acids is 4. The van der Waals surface area contributed by atoms with E-state index in [9.17, 15) is 34.2 Å². The molecule has 0 saturated carbocycles. The highest BCUT2D eigenvalue weighted by Gasteiger charge is 2.54. The molecule has 0 unspecified atom stereocenters. The molecule has 2 atom stereocenters. The Morgan fingerprint density at radius 1 is 1.32 bits per heavy atom. The smallest absolute Gasteiger partial charge is 0.278 e. The number of likely N-dealkylation sites (N-methyl/N-ethyl adjacent to an activating group) is 1. The summed E-state index contributed by atoms with van der Waals surface area (Å²) in [6.45, 7) is 3.77. The van der Waals surface area contributed by atoms with E-state index in [1.54, 1.807) is 11.8 Å². The number of anilines is 1. The molecule has 234 valence electrons. The summed E-state index contributed by atoms with van der Waals surface area (Å²) in [4.78, 5) is 77.5. The summed E-state index contributed by atoms with van der Waals surface area (Å²) < 4.78 is 4.38. The molecule has 2 aromatic heterocycles. The number of amides is 3. The number of hydrogen-bond donors (Lipinski definition) is 4. The average Bonchev–Trinajstić information content (AvgIpc) is 3.42. The molecule has 3 aliphatic heterocycles. The molecule has 0 bridgehead atoms. The number of aliphatic carboxylic acids is 1. The number of H-pyrrole nitrogens is 1. The molecular weight excluding hydrogens is 618 g/mol. The third kappa shape index (κ3) is 5.97. The number of piperazine rings is 1. The fraction of sp³-hybridized carbons (Fsp3) is 0.440. The maximum Gasteiger partial charge on any atom is 0.278 e. The van der Waals surface area contributed by atoms with Gasteiger partial charge in [-0.2, -0.15) is 9.36 Å². The molecule has 17 nitrogen and oxygen atoms in total. The van der Waals surface area contributed by atoms with Gasteiger partial charge in [0, 0.05) is 35.1 Å². The molecule has 2 aromatic rings. The second kappa shape index (κ2) is 12.2. The molecule has 5 heterocycles. The number of aromatic amines is 1. The van der Waals surface area contributed by atoms with Gasteiger partial charge >= 0.3 is 0 Å². The second-order valence-corrected chi connectivity index (χ2v) is 12.4. The number of fused-ring (bicyclic) bond motifs is 1. The van der Waals surface area contributed by atoms with Gasteiger partial charge in [-0.15, -0.1) is 11.8 Å². The number of rotatable bonds is 9. The van der Waals surface area contributed by atoms with Gasteiger partial charge in [0.15, 0.2) is 10.9 Å². The number of quaternary nitrogens is 1. The Balaban J connectivity index is 1.26. The van der Waals surface area contributed by atoms with Gasteiger partial charge in [-0.05, 0) is 6.92 Å². The lowest BCUT2D eigenvalue weighted by atomic mass is 10.0. The van der Waals surface area contributed by atoms with Crippen LogP contribution in [0.4, 0.5) is 5.13 Å². The predicted molar refractivity (Wildman–Crippen MR) is 155 cm³/mol. The third-order valence-corrected chi connectivity index (χ3v) is 9.36. The van der Waals surface area contributed by atoms with Crippen LogP contribution in [-0.2, 0) is 19.2 Å². The number of hydrogen-bond acceptors (Lipinski definition) is 14. The van der Waals surface area contributed by atoms with Crippen molar-refractivity contribution in [3.63, 3.8) is 0 Å². The lowest BCUT2D eigenvalue weighted by Crippen LogP contribution is -2.72. The molecule has 0 spiro atoms. The minimum absolute atomic E-state index is 0.0572. The summed E-state index contributed by atoms with van der Waals surface area (Å²) in [5.74, 6) is -3.55. The predicted octanol–water partition coefficient (Wildman–Crippen LogP) is -2.74. The molecule has 5 N–H and O–H groups in total. The fourth-order valence-electron chi connectivity index (χ4n) is 5.17. The van der Waals surface area contributed by atoms with E-state index in [1.165, 1.54) is 11.8 Å². The van der Waals surface area contributed by atoms with E-state index in [0.29, 0.717) is 42.8 Å². The SMILES string of the molecule is CCON=C(C(=O)N[C@@H]1C(=O)N2C(C(=O)[O-])=C(C[N+]3(C)CCN(C(=O)c4cc(=O)c(O)c[nH]4)CC3)CS[C@H]12)c1nsc(N)n1. The van der Waals surface area contributed by atoms with E-state index in [4.69, 9.17) is 10.6 Å². The number of nitrogens with one attached hydrogen (secondary N) is 2. The summed E-state index contributed by atoms with van der Waals surface area (Å²) in [6.07, 6.45) is 1.07. The fourth-order valence-corrected chi connectivity index (χ4v) is 6.94. The number of oxime groups is 1. The van der Waals surface area contributed by atoms with Crippen LogP contribution >= 0.6 is 23.3 Å². The van der Waals surface area contributed by atoms with E-state index in [-0.39, 0.29) is 46.3 Å². The van der Waals surface area contributed by atoms with Crippen molar-refractivity contribution in [2.75, 3.05) is 57.9 Å². The standard InChI is InChI=1S/C25H29N9O8S2/c1-3-42-30-16(19-29-25(26)44-31-19)20(37)28-17-22(39)33-18(24(40)41)12(11-43-23(17)33)10-34(2)6-4-32(5-7-34)21(38)13-8-14(35)15(36)9-27-13/h8-9,17,23H,3-7,10-11H2,1-2H3,(H5-,26,27,28,29,30,31,35,36,37,38,40,41)/t17-,23-/m1/s1. The number of pyridine rings is 1. The van der Waals surface area contributed by atoms with Gasteiger partial charge in [-0.1, -0.05) is 5.16 Å². The third-order valence-electron chi connectivity index (χ3n) is 7.48. The second-order valence-electron chi connectivity index (χ2n) is 10.5. The number of carbonyl (C=O) groups is 4. The van der Waals surface area contributed by atoms with Crippen LogP contribution in [0.1, 0.15) is 23.2 Å². The molecule has 0 aromatic carbocycles. The number of β-lactam (4-membered cyclic amide) rings is 1. The molecule has 44 heavy (non-hydrogen) atoms. The number of aromatic nitrogens is 3. The molecule has 5 rings (SSSR count). The summed E-state index contributed by atoms with van der Waals surface area (Å²) in [5, 5.41) is 27.5. The van der Waals surface area contributed by atoms with Gasteiger partial charge in [0.1, 0.15) is 30.3 Å². The zero-order chi connectivity index (χ0) is 31.8. The minimum Gasteiger partial charge on any atom is -0.543 e. The van der Waals surface area contributed by atoms with Gasteiger partial charge in [-0.25, -0.2) is 0 Å². The Kier molecular flexibility index (Phi) is 8.62. The van der Waals surface area contributed by atoms with Gasteiger partial charge < -0.3 is 45.3 Å². The van der Waals surface area contributed by atoms with E-state index in [2.05, 4.69) is 24.8 Å². The summed E-state index contributed by atoms with van der Waals surface area (Å²) in [6, 6.07) is 0.0161. The first-order valence-corrected chi connectivity index (χ1v) is 15.3. The van der Waals surface area contributed by atoms with Crippen molar-refractivity contribution in [1.82, 2.24) is 29.5 Å². The first kappa shape index (κ1) is 31.0. The topological polar surface area (TPSA) is 236 Å². The summed E-state index contributed by atoms with van der Waals surface area (Å²) in [7, 11) is 1.93. The van der Waals surface area contributed by atoms with Crippen LogP contribution in [0.2, 0.25) is 0 Å². The number of thioether (sulfide) groups is 1. The van der Waals surface area contributed by atoms with Crippen molar-refractivity contribution in [2.45, 2.75) is 18.3 Å². The number of nitrogens with zero attached hydrogens (tertiary/aromatic N) is 6. The minimum atomic E-state index is -1.50. The van der Waals surface area contributed by atoms with Crippen LogP contribution in [0.3, 0.4) is 0 Å². The van der Waals surface area contributed by atoms with E-state index < -0.39 is 40.4 Å². The maximum atomic E-state index is 13.2. The van der Waals surface area contributed by atoms with Crippen molar-refractivity contribution in [3.05, 3.63) is 45.3 Å². The summed E-state index contributed by atoms with van der Waals surface area (Å²) in [5.41, 5.74) is 5.04.